The molecule has 0 fully saturated rings. The average Bonchev–Trinajstić information content (AvgIpc) is 3.22. The SMILES string of the molecule is O=C(NCCCO)C(=O)NC[C@H](c1ccco1)[NH+]1CCc2ccccc2C1. The Kier molecular flexibility index (Phi) is 6.62. The van der Waals surface area contributed by atoms with Crippen LogP contribution in [0.15, 0.2) is 47.1 Å². The summed E-state index contributed by atoms with van der Waals surface area (Å²) in [6.45, 7) is 2.35. The molecular weight excluding hydrogens is 346 g/mol. The van der Waals surface area contributed by atoms with Crippen molar-refractivity contribution in [2.75, 3.05) is 26.2 Å². The van der Waals surface area contributed by atoms with Gasteiger partial charge in [0.2, 0.25) is 0 Å². The first kappa shape index (κ1) is 19.1. The summed E-state index contributed by atoms with van der Waals surface area (Å²) in [5.41, 5.74) is 2.68. The highest BCUT2D eigenvalue weighted by Crippen LogP contribution is 2.15. The van der Waals surface area contributed by atoms with E-state index in [-0.39, 0.29) is 19.2 Å². The van der Waals surface area contributed by atoms with E-state index in [9.17, 15) is 9.59 Å². The highest BCUT2D eigenvalue weighted by atomic mass is 16.3. The lowest BCUT2D eigenvalue weighted by atomic mass is 9.98. The van der Waals surface area contributed by atoms with Crippen LogP contribution in [0.2, 0.25) is 0 Å². The molecule has 0 aliphatic carbocycles. The van der Waals surface area contributed by atoms with E-state index in [2.05, 4.69) is 28.8 Å². The third-order valence-electron chi connectivity index (χ3n) is 4.92. The molecule has 4 N–H and O–H groups in total. The van der Waals surface area contributed by atoms with Crippen molar-refractivity contribution in [1.82, 2.24) is 10.6 Å². The minimum atomic E-state index is -0.680. The van der Waals surface area contributed by atoms with Gasteiger partial charge in [-0.1, -0.05) is 24.3 Å². The third-order valence-corrected chi connectivity index (χ3v) is 4.92. The van der Waals surface area contributed by atoms with Crippen LogP contribution in [0.3, 0.4) is 0 Å². The summed E-state index contributed by atoms with van der Waals surface area (Å²) < 4.78 is 5.61. The number of aliphatic hydroxyl groups is 1. The highest BCUT2D eigenvalue weighted by molar-refractivity contribution is 6.35. The number of carbonyl (C=O) groups excluding carboxylic acids is 2. The molecule has 0 radical (unpaired) electrons. The number of carbonyl (C=O) groups is 2. The fraction of sp³-hybridized carbons (Fsp3) is 0.400. The number of benzene rings is 1. The van der Waals surface area contributed by atoms with Crippen molar-refractivity contribution in [2.45, 2.75) is 25.4 Å². The van der Waals surface area contributed by atoms with Gasteiger partial charge < -0.3 is 25.1 Å². The van der Waals surface area contributed by atoms with E-state index < -0.39 is 11.8 Å². The van der Waals surface area contributed by atoms with Crippen LogP contribution in [0.5, 0.6) is 0 Å². The van der Waals surface area contributed by atoms with Crippen molar-refractivity contribution in [1.29, 1.82) is 0 Å². The maximum Gasteiger partial charge on any atom is 0.309 e. The molecule has 2 aromatic rings. The number of nitrogens with one attached hydrogen (secondary N) is 3. The van der Waals surface area contributed by atoms with Gasteiger partial charge in [0.1, 0.15) is 6.54 Å². The van der Waals surface area contributed by atoms with Gasteiger partial charge in [-0.05, 0) is 24.1 Å². The maximum absolute atomic E-state index is 12.1. The van der Waals surface area contributed by atoms with Crippen LogP contribution in [0.4, 0.5) is 0 Å². The molecule has 1 aromatic heterocycles. The van der Waals surface area contributed by atoms with Gasteiger partial charge in [-0.25, -0.2) is 0 Å². The summed E-state index contributed by atoms with van der Waals surface area (Å²) in [7, 11) is 0. The number of hydrogen-bond acceptors (Lipinski definition) is 4. The Morgan fingerprint density at radius 1 is 1.11 bits per heavy atom. The van der Waals surface area contributed by atoms with E-state index in [1.165, 1.54) is 16.0 Å². The average molecular weight is 372 g/mol. The molecule has 1 unspecified atom stereocenters. The Balaban J connectivity index is 1.63. The quantitative estimate of drug-likeness (QED) is 0.392. The van der Waals surface area contributed by atoms with Crippen LogP contribution < -0.4 is 15.5 Å². The van der Waals surface area contributed by atoms with E-state index in [1.54, 1.807) is 6.26 Å². The lowest BCUT2D eigenvalue weighted by molar-refractivity contribution is -0.946. The molecule has 7 heteroatoms. The largest absolute Gasteiger partial charge is 0.463 e. The monoisotopic (exact) mass is 372 g/mol. The number of hydrogen-bond donors (Lipinski definition) is 4. The summed E-state index contributed by atoms with van der Waals surface area (Å²) in [6, 6.07) is 12.1. The fourth-order valence-corrected chi connectivity index (χ4v) is 3.47. The second-order valence-electron chi connectivity index (χ2n) is 6.71. The Labute approximate surface area is 158 Å². The van der Waals surface area contributed by atoms with Crippen LogP contribution in [-0.2, 0) is 22.6 Å². The summed E-state index contributed by atoms with van der Waals surface area (Å²) in [4.78, 5) is 25.2. The number of aliphatic hydroxyl groups excluding tert-OH is 1. The zero-order chi connectivity index (χ0) is 19.1. The van der Waals surface area contributed by atoms with E-state index in [4.69, 9.17) is 9.52 Å². The van der Waals surface area contributed by atoms with Crippen molar-refractivity contribution >= 4 is 11.8 Å². The number of fused-ring (bicyclic) bond motifs is 1. The van der Waals surface area contributed by atoms with Crippen LogP contribution in [0.25, 0.3) is 0 Å². The van der Waals surface area contributed by atoms with Gasteiger partial charge in [-0.3, -0.25) is 9.59 Å². The first-order chi connectivity index (χ1) is 13.2. The van der Waals surface area contributed by atoms with Crippen molar-refractivity contribution in [2.24, 2.45) is 0 Å². The number of furan rings is 1. The first-order valence-electron chi connectivity index (χ1n) is 9.30. The van der Waals surface area contributed by atoms with Crippen LogP contribution in [0, 0.1) is 0 Å². The predicted molar refractivity (Wildman–Crippen MR) is 98.9 cm³/mol. The van der Waals surface area contributed by atoms with Crippen molar-refractivity contribution in [3.8, 4) is 0 Å². The number of quaternary nitrogens is 1. The smallest absolute Gasteiger partial charge is 0.309 e. The Morgan fingerprint density at radius 2 is 1.89 bits per heavy atom. The van der Waals surface area contributed by atoms with Crippen LogP contribution in [0.1, 0.15) is 29.3 Å². The topological polar surface area (TPSA) is 96.0 Å². The molecule has 1 aliphatic heterocycles. The molecule has 144 valence electrons. The second-order valence-corrected chi connectivity index (χ2v) is 6.71. The van der Waals surface area contributed by atoms with Gasteiger partial charge in [-0.15, -0.1) is 0 Å². The minimum absolute atomic E-state index is 0.0255. The molecule has 7 nitrogen and oxygen atoms in total. The fourth-order valence-electron chi connectivity index (χ4n) is 3.47. The Morgan fingerprint density at radius 3 is 2.63 bits per heavy atom. The maximum atomic E-state index is 12.1. The molecule has 0 spiro atoms. The van der Waals surface area contributed by atoms with Crippen molar-refractivity contribution in [3.05, 3.63) is 59.5 Å². The zero-order valence-corrected chi connectivity index (χ0v) is 15.2. The predicted octanol–water partition coefficient (Wildman–Crippen LogP) is -0.423. The molecule has 3 rings (SSSR count). The van der Waals surface area contributed by atoms with Crippen molar-refractivity contribution < 1.29 is 24.0 Å². The second kappa shape index (κ2) is 9.34. The number of rotatable bonds is 7. The molecule has 2 atom stereocenters. The van der Waals surface area contributed by atoms with E-state index in [1.807, 2.05) is 18.2 Å². The minimum Gasteiger partial charge on any atom is -0.463 e. The van der Waals surface area contributed by atoms with Crippen LogP contribution in [-0.4, -0.2) is 43.2 Å². The van der Waals surface area contributed by atoms with Crippen molar-refractivity contribution in [3.63, 3.8) is 0 Å². The normalized spacial score (nSPS) is 17.0. The van der Waals surface area contributed by atoms with Gasteiger partial charge >= 0.3 is 11.8 Å². The molecule has 0 saturated carbocycles. The van der Waals surface area contributed by atoms with E-state index in [0.717, 1.165) is 25.3 Å². The zero-order valence-electron chi connectivity index (χ0n) is 15.2. The summed E-state index contributed by atoms with van der Waals surface area (Å²) in [6.07, 6.45) is 3.02. The molecule has 0 bridgehead atoms. The molecule has 1 aromatic carbocycles. The number of amides is 2. The summed E-state index contributed by atoms with van der Waals surface area (Å²) >= 11 is 0. The van der Waals surface area contributed by atoms with Gasteiger partial charge in [0.15, 0.2) is 11.8 Å². The molecule has 2 heterocycles. The van der Waals surface area contributed by atoms with E-state index >= 15 is 0 Å². The summed E-state index contributed by atoms with van der Waals surface area (Å²) in [5, 5.41) is 14.0. The van der Waals surface area contributed by atoms with Crippen LogP contribution >= 0.6 is 0 Å². The molecule has 0 saturated heterocycles. The van der Waals surface area contributed by atoms with Gasteiger partial charge in [0.05, 0.1) is 19.4 Å². The standard InChI is InChI=1S/C20H25N3O4/c24-11-4-9-21-19(25)20(26)22-13-17(18-7-3-12-27-18)23-10-8-15-5-1-2-6-16(15)14-23/h1-3,5-7,12,17,24H,4,8-11,13-14H2,(H,21,25)(H,22,26)/p+1/t17-/m1/s1. The molecule has 2 amide bonds. The highest BCUT2D eigenvalue weighted by Gasteiger charge is 2.31. The molecule has 1 aliphatic rings. The third kappa shape index (κ3) is 4.96. The Hall–Kier alpha value is -2.64. The lowest BCUT2D eigenvalue weighted by Crippen LogP contribution is -3.12. The molecular formula is C20H26N3O4+. The van der Waals surface area contributed by atoms with Gasteiger partial charge in [0, 0.05) is 25.1 Å². The van der Waals surface area contributed by atoms with E-state index in [0.29, 0.717) is 13.0 Å². The van der Waals surface area contributed by atoms with Gasteiger partial charge in [0.25, 0.3) is 0 Å². The summed E-state index contributed by atoms with van der Waals surface area (Å²) in [5.74, 6) is -0.549. The lowest BCUT2D eigenvalue weighted by Gasteiger charge is -2.31. The molecule has 27 heavy (non-hydrogen) atoms. The Bertz CT molecular complexity index is 760. The first-order valence-corrected chi connectivity index (χ1v) is 9.30. The van der Waals surface area contributed by atoms with Gasteiger partial charge in [-0.2, -0.15) is 0 Å².